The number of aromatic amines is 2. The Kier molecular flexibility index (Phi) is 2.37. The van der Waals surface area contributed by atoms with Crippen LogP contribution in [0.15, 0.2) is 6.33 Å². The predicted molar refractivity (Wildman–Crippen MR) is 68.5 cm³/mol. The number of nitrogen functional groups attached to an aromatic ring is 1. The Labute approximate surface area is 102 Å². The fourth-order valence-corrected chi connectivity index (χ4v) is 2.43. The summed E-state index contributed by atoms with van der Waals surface area (Å²) in [7, 11) is 0. The fraction of sp³-hybridized carbons (Fsp3) is 0.400. The minimum absolute atomic E-state index is 0.0441. The zero-order chi connectivity index (χ0) is 11.2. The van der Waals surface area contributed by atoms with Gasteiger partial charge in [-0.05, 0) is 22.6 Å². The molecule has 0 bridgehead atoms. The second kappa shape index (κ2) is 3.33. The molecule has 2 aromatic rings. The first-order valence-corrected chi connectivity index (χ1v) is 5.83. The van der Waals surface area contributed by atoms with E-state index < -0.39 is 0 Å². The zero-order valence-electron chi connectivity index (χ0n) is 8.98. The quantitative estimate of drug-likeness (QED) is 0.728. The third kappa shape index (κ3) is 1.68. The van der Waals surface area contributed by atoms with Crippen molar-refractivity contribution in [3.8, 4) is 0 Å². The molecule has 4 N–H and O–H groups in total. The van der Waals surface area contributed by atoms with E-state index in [4.69, 9.17) is 5.73 Å². The van der Waals surface area contributed by atoms with Gasteiger partial charge in [-0.3, -0.25) is 0 Å². The van der Waals surface area contributed by atoms with Crippen molar-refractivity contribution in [3.63, 3.8) is 0 Å². The summed E-state index contributed by atoms with van der Waals surface area (Å²) in [4.78, 5) is 10.6. The number of halogens is 1. The first-order valence-electron chi connectivity index (χ1n) is 4.75. The van der Waals surface area contributed by atoms with Crippen LogP contribution in [0.25, 0.3) is 10.9 Å². The summed E-state index contributed by atoms with van der Waals surface area (Å²) in [6.45, 7) is 6.47. The van der Waals surface area contributed by atoms with Gasteiger partial charge in [0, 0.05) is 5.41 Å². The molecular formula is C10H14IN4+. The van der Waals surface area contributed by atoms with E-state index in [1.54, 1.807) is 6.33 Å². The monoisotopic (exact) mass is 317 g/mol. The molecule has 0 radical (unpaired) electrons. The van der Waals surface area contributed by atoms with Gasteiger partial charge in [0.05, 0.1) is 9.39 Å². The Morgan fingerprint density at radius 2 is 2.13 bits per heavy atom. The van der Waals surface area contributed by atoms with Gasteiger partial charge in [0.1, 0.15) is 5.39 Å². The molecule has 0 amide bonds. The van der Waals surface area contributed by atoms with Crippen LogP contribution in [0, 0.1) is 3.70 Å². The minimum atomic E-state index is 0.0441. The summed E-state index contributed by atoms with van der Waals surface area (Å²) < 4.78 is 1.04. The molecule has 0 saturated heterocycles. The summed E-state index contributed by atoms with van der Waals surface area (Å²) in [6.07, 6.45) is 1.64. The van der Waals surface area contributed by atoms with Gasteiger partial charge in [-0.25, -0.2) is 4.98 Å². The predicted octanol–water partition coefficient (Wildman–Crippen LogP) is 1.86. The van der Waals surface area contributed by atoms with Crippen LogP contribution in [0.1, 0.15) is 26.5 Å². The number of nitrogens with two attached hydrogens (primary N) is 1. The highest BCUT2D eigenvalue weighted by Gasteiger charge is 2.25. The van der Waals surface area contributed by atoms with Gasteiger partial charge in [-0.2, -0.15) is 0 Å². The van der Waals surface area contributed by atoms with Crippen LogP contribution in [0.2, 0.25) is 0 Å². The van der Waals surface area contributed by atoms with E-state index in [0.29, 0.717) is 5.82 Å². The molecule has 0 saturated carbocycles. The lowest BCUT2D eigenvalue weighted by molar-refractivity contribution is -0.363. The van der Waals surface area contributed by atoms with E-state index in [2.05, 4.69) is 58.3 Å². The molecule has 80 valence electrons. The van der Waals surface area contributed by atoms with Crippen molar-refractivity contribution in [1.29, 1.82) is 0 Å². The minimum Gasteiger partial charge on any atom is -0.350 e. The van der Waals surface area contributed by atoms with Crippen molar-refractivity contribution in [3.05, 3.63) is 15.7 Å². The van der Waals surface area contributed by atoms with E-state index in [1.807, 2.05) is 0 Å². The number of anilines is 1. The Bertz CT molecular complexity index is 510. The highest BCUT2D eigenvalue weighted by Crippen LogP contribution is 2.31. The Hall–Kier alpha value is -0.850. The van der Waals surface area contributed by atoms with Crippen LogP contribution in [0.3, 0.4) is 0 Å². The second-order valence-electron chi connectivity index (χ2n) is 4.60. The molecule has 0 atom stereocenters. The average molecular weight is 317 g/mol. The van der Waals surface area contributed by atoms with Crippen LogP contribution in [0.5, 0.6) is 0 Å². The molecule has 4 nitrogen and oxygen atoms in total. The van der Waals surface area contributed by atoms with Gasteiger partial charge in [-0.1, -0.05) is 20.8 Å². The van der Waals surface area contributed by atoms with Crippen LogP contribution in [0.4, 0.5) is 5.82 Å². The summed E-state index contributed by atoms with van der Waals surface area (Å²) in [5, 5.41) is 0.989. The Balaban J connectivity index is 2.85. The smallest absolute Gasteiger partial charge is 0.230 e. The molecule has 5 heteroatoms. The van der Waals surface area contributed by atoms with E-state index in [1.165, 1.54) is 0 Å². The van der Waals surface area contributed by atoms with Gasteiger partial charge < -0.3 is 10.7 Å². The number of H-pyrrole nitrogens is 2. The molecule has 2 heterocycles. The number of aromatic nitrogens is 3. The molecule has 2 aromatic heterocycles. The summed E-state index contributed by atoms with van der Waals surface area (Å²) in [5.74, 6) is 0.663. The maximum atomic E-state index is 5.89. The average Bonchev–Trinajstić information content (AvgIpc) is 2.44. The molecule has 0 unspecified atom stereocenters. The van der Waals surface area contributed by atoms with Crippen molar-refractivity contribution in [1.82, 2.24) is 9.97 Å². The van der Waals surface area contributed by atoms with Gasteiger partial charge in [0.2, 0.25) is 12.1 Å². The van der Waals surface area contributed by atoms with E-state index >= 15 is 0 Å². The summed E-state index contributed by atoms with van der Waals surface area (Å²) >= 11 is 2.25. The summed E-state index contributed by atoms with van der Waals surface area (Å²) in [6, 6.07) is 0. The molecular weight excluding hydrogens is 303 g/mol. The largest absolute Gasteiger partial charge is 0.350 e. The molecule has 0 fully saturated rings. The Morgan fingerprint density at radius 1 is 1.47 bits per heavy atom. The van der Waals surface area contributed by atoms with E-state index in [-0.39, 0.29) is 5.41 Å². The highest BCUT2D eigenvalue weighted by atomic mass is 127. The number of hydrogen-bond donors (Lipinski definition) is 2. The van der Waals surface area contributed by atoms with Crippen LogP contribution in [-0.2, 0) is 5.41 Å². The van der Waals surface area contributed by atoms with Gasteiger partial charge in [-0.15, -0.1) is 4.98 Å². The SMILES string of the molecule is CC(C)(C)c1[nH]c(I)c2c(N)[nH+]cnc12. The molecule has 0 aromatic carbocycles. The summed E-state index contributed by atoms with van der Waals surface area (Å²) in [5.41, 5.74) is 8.03. The maximum absolute atomic E-state index is 5.89. The highest BCUT2D eigenvalue weighted by molar-refractivity contribution is 14.1. The number of rotatable bonds is 0. The van der Waals surface area contributed by atoms with E-state index in [9.17, 15) is 0 Å². The normalized spacial score (nSPS) is 12.3. The van der Waals surface area contributed by atoms with Crippen molar-refractivity contribution in [2.45, 2.75) is 26.2 Å². The van der Waals surface area contributed by atoms with E-state index in [0.717, 1.165) is 20.3 Å². The fourth-order valence-electron chi connectivity index (χ4n) is 1.62. The lowest BCUT2D eigenvalue weighted by Gasteiger charge is -2.15. The van der Waals surface area contributed by atoms with Gasteiger partial charge >= 0.3 is 0 Å². The number of fused-ring (bicyclic) bond motifs is 1. The van der Waals surface area contributed by atoms with Gasteiger partial charge in [0.15, 0.2) is 5.52 Å². The first-order chi connectivity index (χ1) is 6.91. The molecule has 0 aliphatic carbocycles. The van der Waals surface area contributed by atoms with Crippen LogP contribution < -0.4 is 10.7 Å². The molecule has 0 spiro atoms. The Morgan fingerprint density at radius 3 is 2.73 bits per heavy atom. The van der Waals surface area contributed by atoms with Gasteiger partial charge in [0.25, 0.3) is 0 Å². The molecule has 0 aliphatic rings. The van der Waals surface area contributed by atoms with Crippen molar-refractivity contribution >= 4 is 39.3 Å². The topological polar surface area (TPSA) is 68.8 Å². The number of nitrogens with zero attached hydrogens (tertiary/aromatic N) is 1. The lowest BCUT2D eigenvalue weighted by atomic mass is 9.91. The molecule has 2 rings (SSSR count). The van der Waals surface area contributed by atoms with Crippen LogP contribution >= 0.6 is 22.6 Å². The van der Waals surface area contributed by atoms with Crippen molar-refractivity contribution in [2.24, 2.45) is 0 Å². The molecule has 15 heavy (non-hydrogen) atoms. The second-order valence-corrected chi connectivity index (χ2v) is 5.68. The van der Waals surface area contributed by atoms with Crippen molar-refractivity contribution in [2.75, 3.05) is 5.73 Å². The number of hydrogen-bond acceptors (Lipinski definition) is 2. The molecule has 0 aliphatic heterocycles. The third-order valence-corrected chi connectivity index (χ3v) is 3.17. The third-order valence-electron chi connectivity index (χ3n) is 2.36. The van der Waals surface area contributed by atoms with Crippen molar-refractivity contribution < 1.29 is 4.98 Å². The first kappa shape index (κ1) is 10.7. The standard InChI is InChI=1S/C10H13IN4/c1-10(2,3)7-6-5(8(11)15-7)9(12)14-4-13-6/h4,15H,1-3H3,(H2,12,13,14)/p+1. The zero-order valence-corrected chi connectivity index (χ0v) is 11.1. The lowest BCUT2D eigenvalue weighted by Crippen LogP contribution is -2.14. The van der Waals surface area contributed by atoms with Crippen LogP contribution in [-0.4, -0.2) is 9.97 Å². The number of nitrogens with one attached hydrogen (secondary N) is 2. The maximum Gasteiger partial charge on any atom is 0.230 e.